The van der Waals surface area contributed by atoms with Gasteiger partial charge in [-0.15, -0.1) is 0 Å². The van der Waals surface area contributed by atoms with E-state index in [0.29, 0.717) is 38.2 Å². The van der Waals surface area contributed by atoms with Gasteiger partial charge >= 0.3 is 0 Å². The van der Waals surface area contributed by atoms with E-state index in [1.165, 1.54) is 12.1 Å². The van der Waals surface area contributed by atoms with Crippen molar-refractivity contribution in [2.45, 2.75) is 31.6 Å². The average Bonchev–Trinajstić information content (AvgIpc) is 3.35. The van der Waals surface area contributed by atoms with Crippen LogP contribution < -0.4 is 15.0 Å². The number of benzene rings is 3. The maximum Gasteiger partial charge on any atom is 0.240 e. The fraction of sp³-hybridized carbons (Fsp3) is 0.367. The predicted octanol–water partition coefficient (Wildman–Crippen LogP) is 4.05. The highest BCUT2D eigenvalue weighted by molar-refractivity contribution is 5.82. The van der Waals surface area contributed by atoms with Gasteiger partial charge in [0.25, 0.3) is 0 Å². The molecule has 0 aliphatic carbocycles. The molecule has 0 radical (unpaired) electrons. The lowest BCUT2D eigenvalue weighted by molar-refractivity contribution is -0.136. The Kier molecular flexibility index (Phi) is 8.20. The number of nitrogens with zero attached hydrogens (tertiary/aromatic N) is 3. The number of hydrogen-bond acceptors (Lipinski definition) is 5. The van der Waals surface area contributed by atoms with Crippen LogP contribution in [0.4, 0.5) is 14.5 Å². The Hall–Kier alpha value is -3.49. The van der Waals surface area contributed by atoms with Gasteiger partial charge in [-0.2, -0.15) is 0 Å². The quantitative estimate of drug-likeness (QED) is 0.486. The third-order valence-electron chi connectivity index (χ3n) is 7.52. The van der Waals surface area contributed by atoms with E-state index in [0.717, 1.165) is 36.2 Å². The van der Waals surface area contributed by atoms with Crippen LogP contribution in [0.1, 0.15) is 17.5 Å². The van der Waals surface area contributed by atoms with Gasteiger partial charge < -0.3 is 19.9 Å². The third-order valence-corrected chi connectivity index (χ3v) is 7.52. The summed E-state index contributed by atoms with van der Waals surface area (Å²) in [5, 5.41) is 3.41. The molecular formula is C30H34F2N4O2. The van der Waals surface area contributed by atoms with Gasteiger partial charge in [-0.1, -0.05) is 42.5 Å². The number of rotatable bonds is 8. The van der Waals surface area contributed by atoms with E-state index in [-0.39, 0.29) is 24.5 Å². The largest absolute Gasteiger partial charge is 0.497 e. The lowest BCUT2D eigenvalue weighted by Crippen LogP contribution is -2.53. The maximum absolute atomic E-state index is 14.2. The van der Waals surface area contributed by atoms with Crippen LogP contribution in [-0.2, 0) is 17.9 Å². The van der Waals surface area contributed by atoms with Gasteiger partial charge in [0, 0.05) is 75.2 Å². The minimum Gasteiger partial charge on any atom is -0.497 e. The first-order chi connectivity index (χ1) is 18.5. The molecule has 2 aliphatic heterocycles. The first-order valence-corrected chi connectivity index (χ1v) is 13.1. The van der Waals surface area contributed by atoms with Crippen molar-refractivity contribution in [3.63, 3.8) is 0 Å². The molecule has 1 amide bonds. The van der Waals surface area contributed by atoms with Crippen LogP contribution in [0.15, 0.2) is 72.8 Å². The van der Waals surface area contributed by atoms with Crippen molar-refractivity contribution in [1.82, 2.24) is 15.1 Å². The molecule has 38 heavy (non-hydrogen) atoms. The summed E-state index contributed by atoms with van der Waals surface area (Å²) >= 11 is 0. The van der Waals surface area contributed by atoms with E-state index in [9.17, 15) is 13.6 Å². The summed E-state index contributed by atoms with van der Waals surface area (Å²) in [5.41, 5.74) is 2.67. The van der Waals surface area contributed by atoms with Gasteiger partial charge in [0.1, 0.15) is 17.4 Å². The van der Waals surface area contributed by atoms with Crippen LogP contribution in [0.3, 0.4) is 0 Å². The smallest absolute Gasteiger partial charge is 0.240 e. The standard InChI is InChI=1S/C30H34F2N4O2/c1-38-27-9-5-8-26(18-27)34-12-14-35(15-13-34)30(37)29-17-25(21-36(29)20-22-6-3-2-4-7-22)33-19-23-10-11-24(31)16-28(23)32/h2-11,16,18,25,29,33H,12-15,17,19-21H2,1H3/t25-,29-/m0/s1. The minimum atomic E-state index is -0.585. The number of halogens is 2. The van der Waals surface area contributed by atoms with Crippen LogP contribution in [0, 0.1) is 11.6 Å². The van der Waals surface area contributed by atoms with Crippen LogP contribution in [-0.4, -0.2) is 67.6 Å². The second kappa shape index (κ2) is 11.9. The van der Waals surface area contributed by atoms with Gasteiger partial charge in [-0.3, -0.25) is 9.69 Å². The highest BCUT2D eigenvalue weighted by Gasteiger charge is 2.39. The third kappa shape index (κ3) is 6.14. The van der Waals surface area contributed by atoms with E-state index in [1.807, 2.05) is 41.3 Å². The van der Waals surface area contributed by atoms with Crippen molar-refractivity contribution in [3.8, 4) is 5.75 Å². The van der Waals surface area contributed by atoms with Gasteiger partial charge in [-0.05, 0) is 30.2 Å². The first-order valence-electron chi connectivity index (χ1n) is 13.1. The van der Waals surface area contributed by atoms with Crippen molar-refractivity contribution in [3.05, 3.63) is 95.6 Å². The molecule has 1 N–H and O–H groups in total. The number of methoxy groups -OCH3 is 1. The van der Waals surface area contributed by atoms with Crippen LogP contribution in [0.25, 0.3) is 0 Å². The van der Waals surface area contributed by atoms with Crippen LogP contribution >= 0.6 is 0 Å². The Balaban J connectivity index is 1.24. The number of nitrogens with one attached hydrogen (secondary N) is 1. The normalized spacial score (nSPS) is 20.1. The number of carbonyl (C=O) groups excluding carboxylic acids is 1. The molecule has 2 atom stereocenters. The topological polar surface area (TPSA) is 48.1 Å². The average molecular weight is 521 g/mol. The molecule has 8 heteroatoms. The molecular weight excluding hydrogens is 486 g/mol. The summed E-state index contributed by atoms with van der Waals surface area (Å²) in [6.45, 7) is 4.47. The van der Waals surface area contributed by atoms with E-state index in [1.54, 1.807) is 7.11 Å². The van der Waals surface area contributed by atoms with Crippen molar-refractivity contribution in [1.29, 1.82) is 0 Å². The number of hydrogen-bond donors (Lipinski definition) is 1. The lowest BCUT2D eigenvalue weighted by atomic mass is 10.1. The summed E-state index contributed by atoms with van der Waals surface area (Å²) in [5.74, 6) is -0.178. The maximum atomic E-state index is 14.2. The second-order valence-electron chi connectivity index (χ2n) is 9.99. The SMILES string of the molecule is COc1cccc(N2CCN(C(=O)[C@@H]3C[C@H](NCc4ccc(F)cc4F)CN3Cc3ccccc3)CC2)c1. The number of amides is 1. The zero-order valence-corrected chi connectivity index (χ0v) is 21.7. The van der Waals surface area contributed by atoms with E-state index >= 15 is 0 Å². The second-order valence-corrected chi connectivity index (χ2v) is 9.99. The number of anilines is 1. The molecule has 0 bridgehead atoms. The van der Waals surface area contributed by atoms with E-state index in [4.69, 9.17) is 4.74 Å². The molecule has 0 saturated carbocycles. The molecule has 3 aromatic rings. The summed E-state index contributed by atoms with van der Waals surface area (Å²) < 4.78 is 32.8. The molecule has 0 aromatic heterocycles. The molecule has 2 saturated heterocycles. The Morgan fingerprint density at radius 3 is 2.50 bits per heavy atom. The molecule has 2 heterocycles. The Morgan fingerprint density at radius 1 is 0.974 bits per heavy atom. The van der Waals surface area contributed by atoms with Gasteiger partial charge in [-0.25, -0.2) is 8.78 Å². The molecule has 6 nitrogen and oxygen atoms in total. The number of carbonyl (C=O) groups is 1. The van der Waals surface area contributed by atoms with Crippen molar-refractivity contribution < 1.29 is 18.3 Å². The van der Waals surface area contributed by atoms with Gasteiger partial charge in [0.2, 0.25) is 5.91 Å². The van der Waals surface area contributed by atoms with Crippen molar-refractivity contribution in [2.75, 3.05) is 44.7 Å². The molecule has 3 aromatic carbocycles. The summed E-state index contributed by atoms with van der Waals surface area (Å²) in [7, 11) is 1.66. The molecule has 0 unspecified atom stereocenters. The molecule has 2 aliphatic rings. The summed E-state index contributed by atoms with van der Waals surface area (Å²) in [6, 6.07) is 21.6. The van der Waals surface area contributed by atoms with Gasteiger partial charge in [0.15, 0.2) is 0 Å². The van der Waals surface area contributed by atoms with Crippen molar-refractivity contribution in [2.24, 2.45) is 0 Å². The fourth-order valence-electron chi connectivity index (χ4n) is 5.42. The van der Waals surface area contributed by atoms with Crippen LogP contribution in [0.2, 0.25) is 0 Å². The zero-order valence-electron chi connectivity index (χ0n) is 21.7. The summed E-state index contributed by atoms with van der Waals surface area (Å²) in [4.78, 5) is 20.3. The minimum absolute atomic E-state index is 0.0233. The van der Waals surface area contributed by atoms with Crippen LogP contribution in [0.5, 0.6) is 5.75 Å². The first kappa shape index (κ1) is 26.1. The number of piperazine rings is 1. The fourth-order valence-corrected chi connectivity index (χ4v) is 5.42. The predicted molar refractivity (Wildman–Crippen MR) is 144 cm³/mol. The molecule has 0 spiro atoms. The Bertz CT molecular complexity index is 1230. The lowest BCUT2D eigenvalue weighted by Gasteiger charge is -2.38. The summed E-state index contributed by atoms with van der Waals surface area (Å²) in [6.07, 6.45) is 0.643. The van der Waals surface area contributed by atoms with E-state index < -0.39 is 11.6 Å². The highest BCUT2D eigenvalue weighted by Crippen LogP contribution is 2.26. The molecule has 5 rings (SSSR count). The number of ether oxygens (including phenoxy) is 1. The highest BCUT2D eigenvalue weighted by atomic mass is 19.1. The number of likely N-dealkylation sites (tertiary alicyclic amines) is 1. The molecule has 2 fully saturated rings. The molecule has 200 valence electrons. The Labute approximate surface area is 222 Å². The Morgan fingerprint density at radius 2 is 1.76 bits per heavy atom. The van der Waals surface area contributed by atoms with Crippen molar-refractivity contribution >= 4 is 11.6 Å². The monoisotopic (exact) mass is 520 g/mol. The van der Waals surface area contributed by atoms with Gasteiger partial charge in [0.05, 0.1) is 13.2 Å². The zero-order chi connectivity index (χ0) is 26.5. The van der Waals surface area contributed by atoms with E-state index in [2.05, 4.69) is 33.3 Å².